The maximum Gasteiger partial charge on any atom is 0.169 e. The molecule has 62 valence electrons. The average Bonchev–Trinajstić information content (AvgIpc) is 2.16. The molecule has 0 aliphatic rings. The molecule has 0 saturated heterocycles. The first-order valence-corrected chi connectivity index (χ1v) is 3.79. The first-order valence-electron chi connectivity index (χ1n) is 3.79. The van der Waals surface area contributed by atoms with Crippen molar-refractivity contribution >= 4 is 11.9 Å². The monoisotopic (exact) mass is 161 g/mol. The summed E-state index contributed by atoms with van der Waals surface area (Å²) in [6.07, 6.45) is 3.25. The van der Waals surface area contributed by atoms with Crippen molar-refractivity contribution < 1.29 is 4.79 Å². The van der Waals surface area contributed by atoms with Crippen LogP contribution in [0.2, 0.25) is 0 Å². The van der Waals surface area contributed by atoms with Gasteiger partial charge in [0.15, 0.2) is 5.78 Å². The molecule has 0 saturated carbocycles. The number of rotatable bonds is 3. The number of carbonyl (C=O) groups excluding carboxylic acids is 1. The molecule has 0 aliphatic heterocycles. The molecule has 0 aromatic heterocycles. The predicted octanol–water partition coefficient (Wildman–Crippen LogP) is 1.23. The fourth-order valence-electron chi connectivity index (χ4n) is 0.821. The molecule has 0 amide bonds. The van der Waals surface area contributed by atoms with Gasteiger partial charge in [-0.1, -0.05) is 36.4 Å². The van der Waals surface area contributed by atoms with E-state index in [0.29, 0.717) is 0 Å². The Kier molecular flexibility index (Phi) is 3.23. The summed E-state index contributed by atoms with van der Waals surface area (Å²) >= 11 is 0. The summed E-state index contributed by atoms with van der Waals surface area (Å²) in [7, 11) is 0. The fourth-order valence-corrected chi connectivity index (χ4v) is 0.821. The van der Waals surface area contributed by atoms with Gasteiger partial charge in [-0.05, 0) is 11.6 Å². The van der Waals surface area contributed by atoms with Gasteiger partial charge >= 0.3 is 0 Å². The molecule has 1 rings (SSSR count). The molecule has 12 heavy (non-hydrogen) atoms. The van der Waals surface area contributed by atoms with Crippen molar-refractivity contribution in [1.29, 1.82) is 0 Å². The summed E-state index contributed by atoms with van der Waals surface area (Å²) < 4.78 is 0. The van der Waals surface area contributed by atoms with Crippen LogP contribution in [0.15, 0.2) is 36.4 Å². The van der Waals surface area contributed by atoms with Crippen molar-refractivity contribution in [2.75, 3.05) is 6.54 Å². The van der Waals surface area contributed by atoms with Gasteiger partial charge in [-0.3, -0.25) is 4.79 Å². The highest BCUT2D eigenvalue weighted by Gasteiger charge is 1.89. The molecule has 2 nitrogen and oxygen atoms in total. The average molecular weight is 161 g/mol. The first kappa shape index (κ1) is 8.68. The molecule has 0 spiro atoms. The zero-order valence-corrected chi connectivity index (χ0v) is 6.73. The standard InChI is InChI=1S/C10H11NO/c11-8-10(12)7-6-9-4-2-1-3-5-9/h1-7H,8,11H2/b7-6+. The molecule has 0 aliphatic carbocycles. The van der Waals surface area contributed by atoms with Crippen LogP contribution in [-0.4, -0.2) is 12.3 Å². The molecular weight excluding hydrogens is 150 g/mol. The van der Waals surface area contributed by atoms with Crippen LogP contribution in [0.4, 0.5) is 0 Å². The SMILES string of the molecule is NCC(=O)/C=C/c1ccccc1. The topological polar surface area (TPSA) is 43.1 Å². The number of nitrogens with two attached hydrogens (primary N) is 1. The van der Waals surface area contributed by atoms with Crippen LogP contribution in [0.25, 0.3) is 6.08 Å². The minimum Gasteiger partial charge on any atom is -0.324 e. The molecule has 0 atom stereocenters. The predicted molar refractivity (Wildman–Crippen MR) is 49.5 cm³/mol. The lowest BCUT2D eigenvalue weighted by molar-refractivity contribution is -0.113. The van der Waals surface area contributed by atoms with Gasteiger partial charge < -0.3 is 5.73 Å². The van der Waals surface area contributed by atoms with Crippen LogP contribution >= 0.6 is 0 Å². The zero-order chi connectivity index (χ0) is 8.81. The number of ketones is 1. The van der Waals surface area contributed by atoms with Crippen LogP contribution in [0.3, 0.4) is 0 Å². The van der Waals surface area contributed by atoms with E-state index in [2.05, 4.69) is 0 Å². The van der Waals surface area contributed by atoms with Crippen molar-refractivity contribution in [3.05, 3.63) is 42.0 Å². The van der Waals surface area contributed by atoms with E-state index in [0.717, 1.165) is 5.56 Å². The first-order chi connectivity index (χ1) is 5.83. The summed E-state index contributed by atoms with van der Waals surface area (Å²) in [5.74, 6) is -0.0566. The number of benzene rings is 1. The molecule has 0 fully saturated rings. The maximum absolute atomic E-state index is 10.8. The highest BCUT2D eigenvalue weighted by atomic mass is 16.1. The zero-order valence-electron chi connectivity index (χ0n) is 6.73. The maximum atomic E-state index is 10.8. The Bertz CT molecular complexity index is 277. The molecule has 0 radical (unpaired) electrons. The van der Waals surface area contributed by atoms with Gasteiger partial charge in [0.1, 0.15) is 0 Å². The summed E-state index contributed by atoms with van der Waals surface area (Å²) in [6.45, 7) is 0.0728. The van der Waals surface area contributed by atoms with Gasteiger partial charge in [-0.25, -0.2) is 0 Å². The minimum absolute atomic E-state index is 0.0566. The summed E-state index contributed by atoms with van der Waals surface area (Å²) in [5, 5.41) is 0. The lowest BCUT2D eigenvalue weighted by Gasteiger charge is -1.89. The normalized spacial score (nSPS) is 10.4. The van der Waals surface area contributed by atoms with E-state index in [4.69, 9.17) is 5.73 Å². The molecular formula is C10H11NO. The highest BCUT2D eigenvalue weighted by molar-refractivity contribution is 5.94. The quantitative estimate of drug-likeness (QED) is 0.677. The van der Waals surface area contributed by atoms with Gasteiger partial charge in [-0.15, -0.1) is 0 Å². The van der Waals surface area contributed by atoms with Gasteiger partial charge in [0.05, 0.1) is 6.54 Å². The molecule has 2 heteroatoms. The summed E-state index contributed by atoms with van der Waals surface area (Å²) in [5.41, 5.74) is 6.15. The van der Waals surface area contributed by atoms with Crippen LogP contribution in [0.5, 0.6) is 0 Å². The van der Waals surface area contributed by atoms with Crippen LogP contribution in [0.1, 0.15) is 5.56 Å². The smallest absolute Gasteiger partial charge is 0.169 e. The molecule has 0 unspecified atom stereocenters. The number of hydrogen-bond donors (Lipinski definition) is 1. The van der Waals surface area contributed by atoms with E-state index in [1.807, 2.05) is 30.3 Å². The second-order valence-electron chi connectivity index (χ2n) is 2.41. The Hall–Kier alpha value is -1.41. The van der Waals surface area contributed by atoms with Gasteiger partial charge in [0, 0.05) is 0 Å². The third-order valence-electron chi connectivity index (χ3n) is 1.46. The van der Waals surface area contributed by atoms with E-state index >= 15 is 0 Å². The summed E-state index contributed by atoms with van der Waals surface area (Å²) in [4.78, 5) is 10.8. The number of carbonyl (C=O) groups is 1. The second kappa shape index (κ2) is 4.46. The largest absolute Gasteiger partial charge is 0.324 e. The molecule has 0 heterocycles. The van der Waals surface area contributed by atoms with Crippen LogP contribution in [0, 0.1) is 0 Å². The summed E-state index contributed by atoms with van der Waals surface area (Å²) in [6, 6.07) is 9.64. The Labute approximate surface area is 71.7 Å². The molecule has 0 bridgehead atoms. The Morgan fingerprint density at radius 3 is 2.58 bits per heavy atom. The molecule has 2 N–H and O–H groups in total. The Morgan fingerprint density at radius 2 is 2.00 bits per heavy atom. The van der Waals surface area contributed by atoms with Crippen molar-refractivity contribution in [1.82, 2.24) is 0 Å². The van der Waals surface area contributed by atoms with Gasteiger partial charge in [0.25, 0.3) is 0 Å². The Morgan fingerprint density at radius 1 is 1.33 bits per heavy atom. The third kappa shape index (κ3) is 2.68. The van der Waals surface area contributed by atoms with E-state index < -0.39 is 0 Å². The van der Waals surface area contributed by atoms with Crippen molar-refractivity contribution in [3.63, 3.8) is 0 Å². The fraction of sp³-hybridized carbons (Fsp3) is 0.100. The number of hydrogen-bond acceptors (Lipinski definition) is 2. The van der Waals surface area contributed by atoms with Crippen molar-refractivity contribution in [2.24, 2.45) is 5.73 Å². The van der Waals surface area contributed by atoms with Gasteiger partial charge in [0.2, 0.25) is 0 Å². The lowest BCUT2D eigenvalue weighted by Crippen LogP contribution is -2.09. The van der Waals surface area contributed by atoms with E-state index in [1.54, 1.807) is 6.08 Å². The van der Waals surface area contributed by atoms with E-state index in [-0.39, 0.29) is 12.3 Å². The van der Waals surface area contributed by atoms with Crippen LogP contribution in [-0.2, 0) is 4.79 Å². The Balaban J connectivity index is 2.64. The van der Waals surface area contributed by atoms with E-state index in [9.17, 15) is 4.79 Å². The highest BCUT2D eigenvalue weighted by Crippen LogP contribution is 2.00. The molecule has 1 aromatic rings. The second-order valence-corrected chi connectivity index (χ2v) is 2.41. The van der Waals surface area contributed by atoms with E-state index in [1.165, 1.54) is 6.08 Å². The third-order valence-corrected chi connectivity index (χ3v) is 1.46. The van der Waals surface area contributed by atoms with Crippen molar-refractivity contribution in [3.8, 4) is 0 Å². The van der Waals surface area contributed by atoms with Crippen LogP contribution < -0.4 is 5.73 Å². The molecule has 1 aromatic carbocycles. The lowest BCUT2D eigenvalue weighted by atomic mass is 10.2. The van der Waals surface area contributed by atoms with Gasteiger partial charge in [-0.2, -0.15) is 0 Å². The minimum atomic E-state index is -0.0566. The van der Waals surface area contributed by atoms with Crippen molar-refractivity contribution in [2.45, 2.75) is 0 Å².